The molecule has 7 heteroatoms. The van der Waals surface area contributed by atoms with Crippen molar-refractivity contribution in [2.45, 2.75) is 52.9 Å². The average Bonchev–Trinajstić information content (AvgIpc) is 2.16. The summed E-state index contributed by atoms with van der Waals surface area (Å²) in [5.74, 6) is -0.877. The molecule has 0 radical (unpaired) electrons. The molecule has 0 amide bonds. The summed E-state index contributed by atoms with van der Waals surface area (Å²) in [6.45, 7) is 6.86. The minimum atomic E-state index is -3.15. The SMILES string of the molecule is CC(O)OC(=O)C(C)O[PH](=O)O.CCCC. The van der Waals surface area contributed by atoms with Gasteiger partial charge in [0.2, 0.25) is 0 Å². The maximum Gasteiger partial charge on any atom is 0.337 e. The fourth-order valence-corrected chi connectivity index (χ4v) is 0.862. The molecule has 0 rings (SSSR count). The Bertz CT molecular complexity index is 204. The van der Waals surface area contributed by atoms with Gasteiger partial charge < -0.3 is 14.7 Å². The molecule has 0 aromatic heterocycles. The molecule has 3 unspecified atom stereocenters. The predicted molar refractivity (Wildman–Crippen MR) is 60.1 cm³/mol. The normalized spacial score (nSPS) is 15.4. The summed E-state index contributed by atoms with van der Waals surface area (Å²) in [5, 5.41) is 8.57. The van der Waals surface area contributed by atoms with E-state index in [1.165, 1.54) is 26.7 Å². The molecule has 0 saturated heterocycles. The predicted octanol–water partition coefficient (Wildman–Crippen LogP) is 1.46. The van der Waals surface area contributed by atoms with Gasteiger partial charge in [-0.3, -0.25) is 9.09 Å². The van der Waals surface area contributed by atoms with E-state index < -0.39 is 26.6 Å². The second-order valence-electron chi connectivity index (χ2n) is 3.06. The van der Waals surface area contributed by atoms with Gasteiger partial charge in [0.05, 0.1) is 0 Å². The van der Waals surface area contributed by atoms with Gasteiger partial charge in [-0.25, -0.2) is 4.79 Å². The van der Waals surface area contributed by atoms with E-state index in [0.29, 0.717) is 0 Å². The molecule has 0 spiro atoms. The summed E-state index contributed by atoms with van der Waals surface area (Å²) in [4.78, 5) is 19.0. The number of hydrogen-bond donors (Lipinski definition) is 2. The van der Waals surface area contributed by atoms with E-state index in [4.69, 9.17) is 10.00 Å². The van der Waals surface area contributed by atoms with Crippen LogP contribution in [0.1, 0.15) is 40.5 Å². The van der Waals surface area contributed by atoms with E-state index in [1.54, 1.807) is 0 Å². The molecular weight excluding hydrogens is 235 g/mol. The van der Waals surface area contributed by atoms with Crippen molar-refractivity contribution in [1.29, 1.82) is 0 Å². The van der Waals surface area contributed by atoms with Gasteiger partial charge in [0.1, 0.15) is 0 Å². The number of carbonyl (C=O) groups is 1. The van der Waals surface area contributed by atoms with Gasteiger partial charge in [0.15, 0.2) is 12.4 Å². The molecular formula is C9H21O6P. The van der Waals surface area contributed by atoms with E-state index in [0.717, 1.165) is 0 Å². The van der Waals surface area contributed by atoms with Gasteiger partial charge >= 0.3 is 14.2 Å². The van der Waals surface area contributed by atoms with Crippen molar-refractivity contribution in [2.75, 3.05) is 0 Å². The van der Waals surface area contributed by atoms with Gasteiger partial charge in [-0.1, -0.05) is 26.7 Å². The largest absolute Gasteiger partial charge is 0.434 e. The molecule has 2 N–H and O–H groups in total. The first-order valence-electron chi connectivity index (χ1n) is 5.13. The maximum absolute atomic E-state index is 10.7. The molecule has 0 aliphatic heterocycles. The van der Waals surface area contributed by atoms with Crippen LogP contribution in [0, 0.1) is 0 Å². The number of esters is 1. The van der Waals surface area contributed by atoms with Crippen LogP contribution in [0.2, 0.25) is 0 Å². The lowest BCUT2D eigenvalue weighted by Crippen LogP contribution is -2.25. The molecule has 0 bridgehead atoms. The van der Waals surface area contributed by atoms with Crippen molar-refractivity contribution in [3.8, 4) is 0 Å². The number of hydrogen-bond acceptors (Lipinski definition) is 5. The molecule has 3 atom stereocenters. The molecule has 16 heavy (non-hydrogen) atoms. The standard InChI is InChI=1S/C5H11O6P.C4H10/c1-3(11-12(8)9)5(7)10-4(2)6;1-3-4-2/h3-4,6,12H,1-2H3,(H,8,9);3-4H2,1-2H3. The Kier molecular flexibility index (Phi) is 12.4. The van der Waals surface area contributed by atoms with E-state index in [-0.39, 0.29) is 0 Å². The van der Waals surface area contributed by atoms with Crippen LogP contribution in [0.15, 0.2) is 0 Å². The van der Waals surface area contributed by atoms with Crippen molar-refractivity contribution in [3.63, 3.8) is 0 Å². The van der Waals surface area contributed by atoms with Gasteiger partial charge in [-0.2, -0.15) is 0 Å². The van der Waals surface area contributed by atoms with Crippen LogP contribution in [0.5, 0.6) is 0 Å². The fraction of sp³-hybridized carbons (Fsp3) is 0.889. The van der Waals surface area contributed by atoms with Gasteiger partial charge in [0, 0.05) is 0 Å². The van der Waals surface area contributed by atoms with Crippen molar-refractivity contribution < 1.29 is 28.6 Å². The topological polar surface area (TPSA) is 93.1 Å². The second-order valence-corrected chi connectivity index (χ2v) is 3.83. The van der Waals surface area contributed by atoms with Crippen LogP contribution >= 0.6 is 8.25 Å². The minimum absolute atomic E-state index is 0.877. The zero-order valence-corrected chi connectivity index (χ0v) is 11.1. The first kappa shape index (κ1) is 18.0. The second kappa shape index (κ2) is 11.1. The number of rotatable bonds is 5. The quantitative estimate of drug-likeness (QED) is 0.439. The van der Waals surface area contributed by atoms with Crippen LogP contribution in [0.3, 0.4) is 0 Å². The number of aliphatic hydroxyl groups is 1. The molecule has 98 valence electrons. The van der Waals surface area contributed by atoms with Gasteiger partial charge in [-0.05, 0) is 13.8 Å². The van der Waals surface area contributed by atoms with Crippen molar-refractivity contribution >= 4 is 14.2 Å². The summed E-state index contributed by atoms with van der Waals surface area (Å²) in [6, 6.07) is 0. The van der Waals surface area contributed by atoms with E-state index in [9.17, 15) is 9.36 Å². The Morgan fingerprint density at radius 1 is 1.31 bits per heavy atom. The molecule has 0 aliphatic rings. The molecule has 0 aliphatic carbocycles. The number of aliphatic hydroxyl groups excluding tert-OH is 1. The van der Waals surface area contributed by atoms with Crippen molar-refractivity contribution in [3.05, 3.63) is 0 Å². The Labute approximate surface area is 96.5 Å². The monoisotopic (exact) mass is 256 g/mol. The zero-order valence-electron chi connectivity index (χ0n) is 10.1. The van der Waals surface area contributed by atoms with Crippen LogP contribution in [-0.4, -0.2) is 28.4 Å². The van der Waals surface area contributed by atoms with Crippen LogP contribution in [0.4, 0.5) is 0 Å². The first-order valence-corrected chi connectivity index (χ1v) is 6.39. The zero-order chi connectivity index (χ0) is 13.1. The molecule has 0 aromatic carbocycles. The highest BCUT2D eigenvalue weighted by Gasteiger charge is 2.18. The number of carbonyl (C=O) groups excluding carboxylic acids is 1. The Morgan fingerprint density at radius 2 is 1.75 bits per heavy atom. The smallest absolute Gasteiger partial charge is 0.337 e. The summed E-state index contributed by atoms with van der Waals surface area (Å²) in [6.07, 6.45) is 0.251. The highest BCUT2D eigenvalue weighted by Crippen LogP contribution is 2.18. The minimum Gasteiger partial charge on any atom is -0.434 e. The Hall–Kier alpha value is -0.420. The summed E-state index contributed by atoms with van der Waals surface area (Å²) in [7, 11) is -3.15. The third-order valence-electron chi connectivity index (χ3n) is 1.40. The third-order valence-corrected chi connectivity index (χ3v) is 1.95. The van der Waals surface area contributed by atoms with Gasteiger partial charge in [0.25, 0.3) is 0 Å². The maximum atomic E-state index is 10.7. The lowest BCUT2D eigenvalue weighted by Gasteiger charge is -2.11. The van der Waals surface area contributed by atoms with Crippen LogP contribution < -0.4 is 0 Å². The fourth-order valence-electron chi connectivity index (χ4n) is 0.463. The molecule has 6 nitrogen and oxygen atoms in total. The summed E-state index contributed by atoms with van der Waals surface area (Å²) < 4.78 is 18.6. The van der Waals surface area contributed by atoms with Crippen molar-refractivity contribution in [2.24, 2.45) is 0 Å². The lowest BCUT2D eigenvalue weighted by atomic mass is 10.4. The Balaban J connectivity index is 0. The van der Waals surface area contributed by atoms with Crippen LogP contribution in [-0.2, 0) is 18.6 Å². The number of unbranched alkanes of at least 4 members (excludes halogenated alkanes) is 1. The molecule has 0 fully saturated rings. The van der Waals surface area contributed by atoms with E-state index in [2.05, 4.69) is 23.1 Å². The third kappa shape index (κ3) is 13.6. The average molecular weight is 256 g/mol. The Morgan fingerprint density at radius 3 is 2.00 bits per heavy atom. The van der Waals surface area contributed by atoms with Crippen LogP contribution in [0.25, 0.3) is 0 Å². The lowest BCUT2D eigenvalue weighted by molar-refractivity contribution is -0.172. The summed E-state index contributed by atoms with van der Waals surface area (Å²) >= 11 is 0. The number of ether oxygens (including phenoxy) is 1. The van der Waals surface area contributed by atoms with E-state index >= 15 is 0 Å². The highest BCUT2D eigenvalue weighted by molar-refractivity contribution is 7.32. The molecule has 0 aromatic rings. The summed E-state index contributed by atoms with van der Waals surface area (Å²) in [5.41, 5.74) is 0. The van der Waals surface area contributed by atoms with E-state index in [1.807, 2.05) is 0 Å². The molecule has 0 saturated carbocycles. The highest BCUT2D eigenvalue weighted by atomic mass is 31.1. The molecule has 0 heterocycles. The van der Waals surface area contributed by atoms with Gasteiger partial charge in [-0.15, -0.1) is 0 Å². The first-order chi connectivity index (χ1) is 7.34. The van der Waals surface area contributed by atoms with Crippen molar-refractivity contribution in [1.82, 2.24) is 0 Å².